The van der Waals surface area contributed by atoms with Crippen LogP contribution in [0.4, 0.5) is 0 Å². The van der Waals surface area contributed by atoms with E-state index in [1.165, 1.54) is 0 Å². The number of hydrogen-bond acceptors (Lipinski definition) is 5. The van der Waals surface area contributed by atoms with Gasteiger partial charge in [0.1, 0.15) is 18.0 Å². The lowest BCUT2D eigenvalue weighted by atomic mass is 9.75. The normalized spacial score (nSPS) is 19.5. The van der Waals surface area contributed by atoms with Crippen LogP contribution in [-0.2, 0) is 30.0 Å². The van der Waals surface area contributed by atoms with Crippen LogP contribution in [0.25, 0.3) is 21.5 Å². The van der Waals surface area contributed by atoms with Gasteiger partial charge in [-0.15, -0.1) is 0 Å². The molecule has 0 radical (unpaired) electrons. The molecule has 0 unspecified atom stereocenters. The van der Waals surface area contributed by atoms with Crippen LogP contribution in [0.3, 0.4) is 0 Å². The number of fused-ring (bicyclic) bond motifs is 2. The quantitative estimate of drug-likeness (QED) is 0.261. The zero-order valence-corrected chi connectivity index (χ0v) is 18.2. The number of esters is 1. The standard InChI is InChI=1S/C25H27BO5/c1-25(2,3)29-24(28)14-19-13-20(16-27)31-26(30-19)15-23-21-10-6-4-8-17(21)12-18-9-5-7-11-22(18)23/h4-12,16,19-20H,13-15H2,1-3H3/t19-,20+/m1/s1. The third-order valence-corrected chi connectivity index (χ3v) is 5.39. The molecule has 3 aromatic carbocycles. The van der Waals surface area contributed by atoms with E-state index in [0.29, 0.717) is 12.7 Å². The van der Waals surface area contributed by atoms with E-state index >= 15 is 0 Å². The minimum Gasteiger partial charge on any atom is -0.460 e. The fourth-order valence-electron chi connectivity index (χ4n) is 4.19. The summed E-state index contributed by atoms with van der Waals surface area (Å²) in [5.74, 6) is -0.335. The summed E-state index contributed by atoms with van der Waals surface area (Å²) in [6.45, 7) is 5.50. The SMILES string of the molecule is CC(C)(C)OC(=O)C[C@H]1C[C@@H](C=O)OB(Cc2c3ccccc3cc3ccccc23)O1. The number of aldehydes is 1. The van der Waals surface area contributed by atoms with Crippen LogP contribution in [-0.4, -0.2) is 37.2 Å². The van der Waals surface area contributed by atoms with Crippen molar-refractivity contribution in [2.45, 2.75) is 57.7 Å². The summed E-state index contributed by atoms with van der Waals surface area (Å²) in [6.07, 6.45) is 0.681. The summed E-state index contributed by atoms with van der Waals surface area (Å²) >= 11 is 0. The second-order valence-corrected chi connectivity index (χ2v) is 9.03. The van der Waals surface area contributed by atoms with Crippen molar-refractivity contribution in [1.29, 1.82) is 0 Å². The van der Waals surface area contributed by atoms with Gasteiger partial charge in [-0.3, -0.25) is 4.79 Å². The largest absolute Gasteiger partial charge is 0.462 e. The van der Waals surface area contributed by atoms with Crippen molar-refractivity contribution in [3.63, 3.8) is 0 Å². The van der Waals surface area contributed by atoms with Crippen LogP contribution >= 0.6 is 0 Å². The van der Waals surface area contributed by atoms with E-state index in [4.69, 9.17) is 14.0 Å². The van der Waals surface area contributed by atoms with E-state index in [0.717, 1.165) is 33.4 Å². The third kappa shape index (κ3) is 5.14. The minimum absolute atomic E-state index is 0.0950. The molecular weight excluding hydrogens is 391 g/mol. The fraction of sp³-hybridized carbons (Fsp3) is 0.360. The summed E-state index contributed by atoms with van der Waals surface area (Å²) in [5.41, 5.74) is 0.550. The van der Waals surface area contributed by atoms with Crippen molar-refractivity contribution in [3.05, 3.63) is 60.2 Å². The molecule has 160 valence electrons. The first-order valence-corrected chi connectivity index (χ1v) is 10.7. The lowest BCUT2D eigenvalue weighted by molar-refractivity contribution is -0.158. The second-order valence-electron chi connectivity index (χ2n) is 9.03. The highest BCUT2D eigenvalue weighted by atomic mass is 16.6. The molecule has 1 aliphatic rings. The maximum Gasteiger partial charge on any atom is 0.462 e. The van der Waals surface area contributed by atoms with Crippen LogP contribution in [0.1, 0.15) is 39.2 Å². The maximum absolute atomic E-state index is 12.3. The second kappa shape index (κ2) is 8.81. The Labute approximate surface area is 182 Å². The predicted octanol–water partition coefficient (Wildman–Crippen LogP) is 4.67. The van der Waals surface area contributed by atoms with Gasteiger partial charge in [0, 0.05) is 12.7 Å². The van der Waals surface area contributed by atoms with Crippen molar-refractivity contribution >= 4 is 40.9 Å². The summed E-state index contributed by atoms with van der Waals surface area (Å²) < 4.78 is 17.5. The molecular formula is C25H27BO5. The summed E-state index contributed by atoms with van der Waals surface area (Å²) in [6, 6.07) is 18.6. The highest BCUT2D eigenvalue weighted by Gasteiger charge is 2.36. The molecule has 0 N–H and O–H groups in total. The van der Waals surface area contributed by atoms with Gasteiger partial charge in [0.15, 0.2) is 0 Å². The van der Waals surface area contributed by atoms with Gasteiger partial charge in [-0.25, -0.2) is 0 Å². The van der Waals surface area contributed by atoms with E-state index in [9.17, 15) is 9.59 Å². The Morgan fingerprint density at radius 3 is 2.26 bits per heavy atom. The van der Waals surface area contributed by atoms with Gasteiger partial charge >= 0.3 is 13.1 Å². The van der Waals surface area contributed by atoms with Crippen LogP contribution in [0.15, 0.2) is 54.6 Å². The van der Waals surface area contributed by atoms with Gasteiger partial charge in [-0.1, -0.05) is 48.5 Å². The molecule has 0 aromatic heterocycles. The van der Waals surface area contributed by atoms with E-state index in [2.05, 4.69) is 30.3 Å². The first kappa shape index (κ1) is 21.5. The molecule has 1 aliphatic heterocycles. The van der Waals surface area contributed by atoms with Crippen molar-refractivity contribution in [1.82, 2.24) is 0 Å². The molecule has 0 spiro atoms. The van der Waals surface area contributed by atoms with Gasteiger partial charge in [0.25, 0.3) is 0 Å². The molecule has 4 rings (SSSR count). The van der Waals surface area contributed by atoms with E-state index in [-0.39, 0.29) is 12.4 Å². The van der Waals surface area contributed by atoms with E-state index < -0.39 is 24.9 Å². The van der Waals surface area contributed by atoms with Crippen LogP contribution < -0.4 is 0 Å². The van der Waals surface area contributed by atoms with Gasteiger partial charge in [0.05, 0.1) is 12.5 Å². The summed E-state index contributed by atoms with van der Waals surface area (Å²) in [4.78, 5) is 23.9. The first-order valence-electron chi connectivity index (χ1n) is 10.7. The molecule has 0 saturated carbocycles. The molecule has 0 aliphatic carbocycles. The number of hydrogen-bond donors (Lipinski definition) is 0. The molecule has 1 heterocycles. The highest BCUT2D eigenvalue weighted by Crippen LogP contribution is 2.31. The zero-order valence-electron chi connectivity index (χ0n) is 18.2. The minimum atomic E-state index is -0.620. The highest BCUT2D eigenvalue weighted by molar-refractivity contribution is 6.45. The van der Waals surface area contributed by atoms with Gasteiger partial charge in [-0.2, -0.15) is 0 Å². The van der Waals surface area contributed by atoms with Crippen LogP contribution in [0.5, 0.6) is 0 Å². The number of carbonyl (C=O) groups is 2. The molecule has 6 heteroatoms. The van der Waals surface area contributed by atoms with Gasteiger partial charge in [0.2, 0.25) is 0 Å². The van der Waals surface area contributed by atoms with Gasteiger partial charge < -0.3 is 18.8 Å². The Hall–Kier alpha value is -2.70. The molecule has 0 bridgehead atoms. The Kier molecular flexibility index (Phi) is 6.12. The van der Waals surface area contributed by atoms with E-state index in [1.807, 2.05) is 45.0 Å². The average Bonchev–Trinajstić information content (AvgIpc) is 2.72. The Morgan fingerprint density at radius 1 is 1.06 bits per heavy atom. The third-order valence-electron chi connectivity index (χ3n) is 5.39. The summed E-state index contributed by atoms with van der Waals surface area (Å²) in [7, 11) is -0.620. The lowest BCUT2D eigenvalue weighted by Crippen LogP contribution is -2.44. The topological polar surface area (TPSA) is 61.8 Å². The smallest absolute Gasteiger partial charge is 0.460 e. The number of ether oxygens (including phenoxy) is 1. The zero-order chi connectivity index (χ0) is 22.0. The van der Waals surface area contributed by atoms with Crippen molar-refractivity contribution in [2.75, 3.05) is 0 Å². The Morgan fingerprint density at radius 2 is 1.68 bits per heavy atom. The molecule has 1 saturated heterocycles. The van der Waals surface area contributed by atoms with Crippen LogP contribution in [0, 0.1) is 0 Å². The van der Waals surface area contributed by atoms with Crippen molar-refractivity contribution < 1.29 is 23.6 Å². The first-order chi connectivity index (χ1) is 14.8. The molecule has 0 amide bonds. The van der Waals surface area contributed by atoms with Gasteiger partial charge in [-0.05, 0) is 53.9 Å². The number of rotatable bonds is 5. The van der Waals surface area contributed by atoms with Crippen molar-refractivity contribution in [2.24, 2.45) is 0 Å². The number of carbonyl (C=O) groups excluding carboxylic acids is 2. The molecule has 3 aromatic rings. The predicted molar refractivity (Wildman–Crippen MR) is 122 cm³/mol. The van der Waals surface area contributed by atoms with Crippen LogP contribution in [0.2, 0.25) is 0 Å². The fourth-order valence-corrected chi connectivity index (χ4v) is 4.19. The number of benzene rings is 3. The molecule has 31 heavy (non-hydrogen) atoms. The lowest BCUT2D eigenvalue weighted by Gasteiger charge is -2.32. The molecule has 1 fully saturated rings. The Balaban J connectivity index is 1.61. The average molecular weight is 418 g/mol. The summed E-state index contributed by atoms with van der Waals surface area (Å²) in [5, 5.41) is 4.55. The molecule has 2 atom stereocenters. The maximum atomic E-state index is 12.3. The molecule has 5 nitrogen and oxygen atoms in total. The van der Waals surface area contributed by atoms with E-state index in [1.54, 1.807) is 0 Å². The Bertz CT molecular complexity index is 1050. The monoisotopic (exact) mass is 418 g/mol. The van der Waals surface area contributed by atoms with Crippen molar-refractivity contribution in [3.8, 4) is 0 Å².